The fraction of sp³-hybridized carbons (Fsp3) is 0.417. The molecule has 1 aromatic carbocycles. The van der Waals surface area contributed by atoms with Gasteiger partial charge >= 0.3 is 0 Å². The van der Waals surface area contributed by atoms with E-state index in [1.807, 2.05) is 0 Å². The van der Waals surface area contributed by atoms with Crippen molar-refractivity contribution in [1.82, 2.24) is 9.97 Å². The number of anilines is 1. The number of aromatic amines is 1. The van der Waals surface area contributed by atoms with Gasteiger partial charge in [0.05, 0.1) is 11.0 Å². The molecule has 86 valence electrons. The standard InChI is InChI=1S/C12H18N4/c1-8-6-10-11(7-9(8)2)16-12(15-10)14-5-3-4-13/h6-7H,3-5,13H2,1-2H3,(H2,14,15,16). The van der Waals surface area contributed by atoms with E-state index in [0.29, 0.717) is 6.54 Å². The van der Waals surface area contributed by atoms with Gasteiger partial charge in [-0.3, -0.25) is 0 Å². The first-order chi connectivity index (χ1) is 7.70. The van der Waals surface area contributed by atoms with Gasteiger partial charge in [0.2, 0.25) is 5.95 Å². The van der Waals surface area contributed by atoms with Crippen molar-refractivity contribution in [3.05, 3.63) is 23.3 Å². The summed E-state index contributed by atoms with van der Waals surface area (Å²) in [4.78, 5) is 7.74. The van der Waals surface area contributed by atoms with Crippen LogP contribution in [-0.4, -0.2) is 23.1 Å². The Morgan fingerprint density at radius 3 is 2.81 bits per heavy atom. The number of hydrogen-bond acceptors (Lipinski definition) is 3. The molecule has 1 heterocycles. The summed E-state index contributed by atoms with van der Waals surface area (Å²) in [5.41, 5.74) is 10.1. The number of nitrogens with one attached hydrogen (secondary N) is 2. The van der Waals surface area contributed by atoms with Crippen LogP contribution in [0, 0.1) is 13.8 Å². The van der Waals surface area contributed by atoms with Crippen LogP contribution in [0.25, 0.3) is 11.0 Å². The van der Waals surface area contributed by atoms with Crippen LogP contribution in [-0.2, 0) is 0 Å². The van der Waals surface area contributed by atoms with Crippen molar-refractivity contribution in [1.29, 1.82) is 0 Å². The van der Waals surface area contributed by atoms with Gasteiger partial charge in [0.15, 0.2) is 0 Å². The Balaban J connectivity index is 2.23. The molecular formula is C12H18N4. The number of imidazole rings is 1. The number of aryl methyl sites for hydroxylation is 2. The van der Waals surface area contributed by atoms with Crippen molar-refractivity contribution in [3.63, 3.8) is 0 Å². The predicted octanol–water partition coefficient (Wildman–Crippen LogP) is 1.94. The molecule has 0 bridgehead atoms. The number of benzene rings is 1. The molecule has 16 heavy (non-hydrogen) atoms. The minimum Gasteiger partial charge on any atom is -0.356 e. The number of H-pyrrole nitrogens is 1. The molecule has 1 aromatic heterocycles. The molecule has 4 heteroatoms. The summed E-state index contributed by atoms with van der Waals surface area (Å²) in [5, 5.41) is 3.23. The average molecular weight is 218 g/mol. The number of nitrogens with two attached hydrogens (primary N) is 1. The zero-order valence-corrected chi connectivity index (χ0v) is 9.80. The minimum atomic E-state index is 0.700. The average Bonchev–Trinajstić information content (AvgIpc) is 2.61. The molecule has 0 unspecified atom stereocenters. The van der Waals surface area contributed by atoms with E-state index in [9.17, 15) is 0 Å². The van der Waals surface area contributed by atoms with Crippen molar-refractivity contribution < 1.29 is 0 Å². The largest absolute Gasteiger partial charge is 0.356 e. The van der Waals surface area contributed by atoms with Crippen molar-refractivity contribution in [2.75, 3.05) is 18.4 Å². The third-order valence-electron chi connectivity index (χ3n) is 2.77. The van der Waals surface area contributed by atoms with Crippen LogP contribution in [0.1, 0.15) is 17.5 Å². The molecule has 0 aliphatic heterocycles. The Labute approximate surface area is 95.3 Å². The third-order valence-corrected chi connectivity index (χ3v) is 2.77. The maximum Gasteiger partial charge on any atom is 0.201 e. The summed E-state index contributed by atoms with van der Waals surface area (Å²) in [7, 11) is 0. The lowest BCUT2D eigenvalue weighted by atomic mass is 10.1. The lowest BCUT2D eigenvalue weighted by molar-refractivity contribution is 0.867. The molecule has 0 saturated heterocycles. The van der Waals surface area contributed by atoms with E-state index in [0.717, 1.165) is 29.9 Å². The third kappa shape index (κ3) is 2.17. The Morgan fingerprint density at radius 2 is 2.06 bits per heavy atom. The van der Waals surface area contributed by atoms with Gasteiger partial charge in [0, 0.05) is 6.54 Å². The van der Waals surface area contributed by atoms with Crippen molar-refractivity contribution in [2.45, 2.75) is 20.3 Å². The van der Waals surface area contributed by atoms with Gasteiger partial charge < -0.3 is 16.0 Å². The van der Waals surface area contributed by atoms with Crippen LogP contribution in [0.5, 0.6) is 0 Å². The second-order valence-corrected chi connectivity index (χ2v) is 4.11. The van der Waals surface area contributed by atoms with E-state index in [1.54, 1.807) is 0 Å². The molecule has 0 amide bonds. The molecule has 0 fully saturated rings. The molecule has 4 nitrogen and oxygen atoms in total. The molecule has 4 N–H and O–H groups in total. The minimum absolute atomic E-state index is 0.700. The molecule has 2 aromatic rings. The van der Waals surface area contributed by atoms with Crippen LogP contribution in [0.2, 0.25) is 0 Å². The summed E-state index contributed by atoms with van der Waals surface area (Å²) in [6.45, 7) is 5.77. The Morgan fingerprint density at radius 1 is 1.31 bits per heavy atom. The van der Waals surface area contributed by atoms with E-state index < -0.39 is 0 Å². The molecule has 0 saturated carbocycles. The van der Waals surface area contributed by atoms with E-state index >= 15 is 0 Å². The molecular weight excluding hydrogens is 200 g/mol. The maximum atomic E-state index is 5.44. The molecule has 0 radical (unpaired) electrons. The molecule has 0 spiro atoms. The molecule has 0 aliphatic rings. The van der Waals surface area contributed by atoms with Gasteiger partial charge in [0.1, 0.15) is 0 Å². The monoisotopic (exact) mass is 218 g/mol. The maximum absolute atomic E-state index is 5.44. The quantitative estimate of drug-likeness (QED) is 0.687. The summed E-state index contributed by atoms with van der Waals surface area (Å²) in [5.74, 6) is 0.827. The zero-order chi connectivity index (χ0) is 11.5. The van der Waals surface area contributed by atoms with E-state index in [2.05, 4.69) is 41.3 Å². The SMILES string of the molecule is Cc1cc2nc(NCCCN)[nH]c2cc1C. The van der Waals surface area contributed by atoms with Gasteiger partial charge in [0.25, 0.3) is 0 Å². The van der Waals surface area contributed by atoms with Crippen LogP contribution < -0.4 is 11.1 Å². The fourth-order valence-corrected chi connectivity index (χ4v) is 1.66. The van der Waals surface area contributed by atoms with E-state index in [4.69, 9.17) is 5.73 Å². The van der Waals surface area contributed by atoms with Crippen LogP contribution in [0.15, 0.2) is 12.1 Å². The van der Waals surface area contributed by atoms with Gasteiger partial charge in [-0.05, 0) is 50.1 Å². The second kappa shape index (κ2) is 4.53. The zero-order valence-electron chi connectivity index (χ0n) is 9.80. The van der Waals surface area contributed by atoms with Crippen LogP contribution >= 0.6 is 0 Å². The highest BCUT2D eigenvalue weighted by molar-refractivity contribution is 5.79. The smallest absolute Gasteiger partial charge is 0.201 e. The normalized spacial score (nSPS) is 10.9. The number of hydrogen-bond donors (Lipinski definition) is 3. The Hall–Kier alpha value is -1.55. The summed E-state index contributed by atoms with van der Waals surface area (Å²) in [6.07, 6.45) is 0.953. The number of aromatic nitrogens is 2. The summed E-state index contributed by atoms with van der Waals surface area (Å²) in [6, 6.07) is 4.24. The van der Waals surface area contributed by atoms with Gasteiger partial charge in [-0.2, -0.15) is 0 Å². The first-order valence-electron chi connectivity index (χ1n) is 5.61. The Bertz CT molecular complexity index is 448. The Kier molecular flexibility index (Phi) is 3.10. The summed E-state index contributed by atoms with van der Waals surface area (Å²) < 4.78 is 0. The van der Waals surface area contributed by atoms with Crippen molar-refractivity contribution in [3.8, 4) is 0 Å². The highest BCUT2D eigenvalue weighted by Crippen LogP contribution is 2.18. The van der Waals surface area contributed by atoms with Crippen LogP contribution in [0.4, 0.5) is 5.95 Å². The first kappa shape index (κ1) is 11.0. The lowest BCUT2D eigenvalue weighted by Crippen LogP contribution is -2.09. The van der Waals surface area contributed by atoms with Gasteiger partial charge in [-0.15, -0.1) is 0 Å². The van der Waals surface area contributed by atoms with E-state index in [-0.39, 0.29) is 0 Å². The van der Waals surface area contributed by atoms with Gasteiger partial charge in [-0.25, -0.2) is 4.98 Å². The van der Waals surface area contributed by atoms with Crippen molar-refractivity contribution in [2.24, 2.45) is 5.73 Å². The second-order valence-electron chi connectivity index (χ2n) is 4.11. The molecule has 0 aliphatic carbocycles. The number of fused-ring (bicyclic) bond motifs is 1. The van der Waals surface area contributed by atoms with Gasteiger partial charge in [-0.1, -0.05) is 0 Å². The van der Waals surface area contributed by atoms with Crippen LogP contribution in [0.3, 0.4) is 0 Å². The summed E-state index contributed by atoms with van der Waals surface area (Å²) >= 11 is 0. The number of rotatable bonds is 4. The molecule has 0 atom stereocenters. The van der Waals surface area contributed by atoms with Crippen molar-refractivity contribution >= 4 is 17.0 Å². The molecule has 2 rings (SSSR count). The lowest BCUT2D eigenvalue weighted by Gasteiger charge is -1.99. The highest BCUT2D eigenvalue weighted by Gasteiger charge is 2.03. The number of nitrogens with zero attached hydrogens (tertiary/aromatic N) is 1. The predicted molar refractivity (Wildman–Crippen MR) is 67.7 cm³/mol. The first-order valence-corrected chi connectivity index (χ1v) is 5.61. The van der Waals surface area contributed by atoms with E-state index in [1.165, 1.54) is 11.1 Å². The highest BCUT2D eigenvalue weighted by atomic mass is 15.1. The topological polar surface area (TPSA) is 66.7 Å². The fourth-order valence-electron chi connectivity index (χ4n) is 1.66.